The van der Waals surface area contributed by atoms with Crippen LogP contribution in [0.25, 0.3) is 0 Å². The monoisotopic (exact) mass is 271 g/mol. The average Bonchev–Trinajstić information content (AvgIpc) is 2.36. The number of benzene rings is 1. The van der Waals surface area contributed by atoms with Gasteiger partial charge in [-0.25, -0.2) is 13.2 Å². The molecular weight excluding hydrogens is 251 g/mol. The minimum absolute atomic E-state index is 0.183. The molecule has 1 aliphatic carbocycles. The number of rotatable bonds is 4. The maximum atomic E-state index is 13.6. The summed E-state index contributed by atoms with van der Waals surface area (Å²) in [7, 11) is 0. The fraction of sp³-hybridized carbons (Fsp3) is 0.600. The third-order valence-electron chi connectivity index (χ3n) is 4.03. The maximum Gasteiger partial charge on any atom is 0.133 e. The Kier molecular flexibility index (Phi) is 4.86. The molecule has 0 saturated heterocycles. The molecular formula is C15H20F3N. The molecule has 19 heavy (non-hydrogen) atoms. The van der Waals surface area contributed by atoms with Crippen molar-refractivity contribution in [3.8, 4) is 0 Å². The Hall–Kier alpha value is -1.03. The van der Waals surface area contributed by atoms with Gasteiger partial charge in [0.1, 0.15) is 17.5 Å². The standard InChI is InChI=1S/C15H20F3N/c16-11-8-12(17)15(13(18)9-11)14(19)7-6-10-4-2-1-3-5-10/h8-10,14H,1-7,19H2. The molecule has 1 aliphatic rings. The van der Waals surface area contributed by atoms with E-state index in [4.69, 9.17) is 5.73 Å². The van der Waals surface area contributed by atoms with Crippen LogP contribution in [0.5, 0.6) is 0 Å². The quantitative estimate of drug-likeness (QED) is 0.859. The minimum Gasteiger partial charge on any atom is -0.324 e. The summed E-state index contributed by atoms with van der Waals surface area (Å²) in [6, 6.07) is 0.695. The van der Waals surface area contributed by atoms with Gasteiger partial charge in [-0.1, -0.05) is 32.1 Å². The molecule has 0 heterocycles. The van der Waals surface area contributed by atoms with Crippen molar-refractivity contribution in [2.24, 2.45) is 11.7 Å². The van der Waals surface area contributed by atoms with Gasteiger partial charge in [0.2, 0.25) is 0 Å². The van der Waals surface area contributed by atoms with Crippen molar-refractivity contribution < 1.29 is 13.2 Å². The van der Waals surface area contributed by atoms with E-state index in [0.717, 1.165) is 6.42 Å². The normalized spacial score (nSPS) is 18.5. The molecule has 1 fully saturated rings. The van der Waals surface area contributed by atoms with Gasteiger partial charge in [-0.05, 0) is 18.8 Å². The van der Waals surface area contributed by atoms with Crippen LogP contribution in [0.4, 0.5) is 13.2 Å². The van der Waals surface area contributed by atoms with E-state index >= 15 is 0 Å². The molecule has 1 nitrogen and oxygen atoms in total. The second-order valence-electron chi connectivity index (χ2n) is 5.47. The van der Waals surface area contributed by atoms with Crippen LogP contribution in [0.3, 0.4) is 0 Å². The van der Waals surface area contributed by atoms with Crippen LogP contribution in [-0.4, -0.2) is 0 Å². The predicted molar refractivity (Wildman–Crippen MR) is 69.1 cm³/mol. The van der Waals surface area contributed by atoms with Crippen molar-refractivity contribution in [2.75, 3.05) is 0 Å². The van der Waals surface area contributed by atoms with Crippen molar-refractivity contribution in [3.63, 3.8) is 0 Å². The molecule has 2 rings (SSSR count). The third kappa shape index (κ3) is 3.72. The van der Waals surface area contributed by atoms with Gasteiger partial charge >= 0.3 is 0 Å². The van der Waals surface area contributed by atoms with E-state index < -0.39 is 23.5 Å². The topological polar surface area (TPSA) is 26.0 Å². The summed E-state index contributed by atoms with van der Waals surface area (Å²) in [5.41, 5.74) is 5.68. The molecule has 0 aromatic heterocycles. The Labute approximate surface area is 112 Å². The highest BCUT2D eigenvalue weighted by Gasteiger charge is 2.20. The van der Waals surface area contributed by atoms with Crippen molar-refractivity contribution in [1.82, 2.24) is 0 Å². The summed E-state index contributed by atoms with van der Waals surface area (Å²) in [6.07, 6.45) is 7.55. The number of hydrogen-bond donors (Lipinski definition) is 1. The summed E-state index contributed by atoms with van der Waals surface area (Å²) >= 11 is 0. The average molecular weight is 271 g/mol. The van der Waals surface area contributed by atoms with E-state index in [1.54, 1.807) is 0 Å². The van der Waals surface area contributed by atoms with Crippen LogP contribution in [0.15, 0.2) is 12.1 Å². The van der Waals surface area contributed by atoms with Crippen molar-refractivity contribution in [3.05, 3.63) is 35.1 Å². The number of nitrogens with two attached hydrogens (primary N) is 1. The molecule has 1 atom stereocenters. The van der Waals surface area contributed by atoms with Crippen LogP contribution in [0, 0.1) is 23.4 Å². The fourth-order valence-corrected chi connectivity index (χ4v) is 2.94. The van der Waals surface area contributed by atoms with Gasteiger partial charge in [0.15, 0.2) is 0 Å². The predicted octanol–water partition coefficient (Wildman–Crippen LogP) is 4.46. The Morgan fingerprint density at radius 1 is 1.05 bits per heavy atom. The molecule has 0 aliphatic heterocycles. The smallest absolute Gasteiger partial charge is 0.133 e. The molecule has 2 N–H and O–H groups in total. The molecule has 4 heteroatoms. The Morgan fingerprint density at radius 3 is 2.21 bits per heavy atom. The van der Waals surface area contributed by atoms with Crippen LogP contribution < -0.4 is 5.73 Å². The van der Waals surface area contributed by atoms with Crippen molar-refractivity contribution in [2.45, 2.75) is 51.0 Å². The SMILES string of the molecule is NC(CCC1CCCCC1)c1c(F)cc(F)cc1F. The lowest BCUT2D eigenvalue weighted by atomic mass is 9.84. The first-order valence-corrected chi connectivity index (χ1v) is 6.98. The lowest BCUT2D eigenvalue weighted by molar-refractivity contribution is 0.321. The van der Waals surface area contributed by atoms with E-state index in [2.05, 4.69) is 0 Å². The van der Waals surface area contributed by atoms with Gasteiger partial charge in [0, 0.05) is 23.7 Å². The van der Waals surface area contributed by atoms with Crippen molar-refractivity contribution in [1.29, 1.82) is 0 Å². The molecule has 1 aromatic carbocycles. The summed E-state index contributed by atoms with van der Waals surface area (Å²) in [6.45, 7) is 0. The Balaban J connectivity index is 1.97. The van der Waals surface area contributed by atoms with Crippen LogP contribution >= 0.6 is 0 Å². The lowest BCUT2D eigenvalue weighted by Crippen LogP contribution is -2.17. The van der Waals surface area contributed by atoms with E-state index in [1.165, 1.54) is 32.1 Å². The number of hydrogen-bond acceptors (Lipinski definition) is 1. The van der Waals surface area contributed by atoms with Crippen LogP contribution in [-0.2, 0) is 0 Å². The molecule has 0 bridgehead atoms. The zero-order valence-corrected chi connectivity index (χ0v) is 11.0. The molecule has 0 amide bonds. The third-order valence-corrected chi connectivity index (χ3v) is 4.03. The zero-order valence-electron chi connectivity index (χ0n) is 11.0. The van der Waals surface area contributed by atoms with Gasteiger partial charge in [0.25, 0.3) is 0 Å². The second kappa shape index (κ2) is 6.42. The summed E-state index contributed by atoms with van der Waals surface area (Å²) < 4.78 is 40.0. The minimum atomic E-state index is -0.904. The first kappa shape index (κ1) is 14.4. The first-order chi connectivity index (χ1) is 9.08. The van der Waals surface area contributed by atoms with Gasteiger partial charge < -0.3 is 5.73 Å². The highest BCUT2D eigenvalue weighted by Crippen LogP contribution is 2.31. The maximum absolute atomic E-state index is 13.6. The summed E-state index contributed by atoms with van der Waals surface area (Å²) in [5.74, 6) is -2.05. The first-order valence-electron chi connectivity index (χ1n) is 6.98. The highest BCUT2D eigenvalue weighted by atomic mass is 19.1. The van der Waals surface area contributed by atoms with Crippen LogP contribution in [0.2, 0.25) is 0 Å². The second-order valence-corrected chi connectivity index (χ2v) is 5.47. The largest absolute Gasteiger partial charge is 0.324 e. The lowest BCUT2D eigenvalue weighted by Gasteiger charge is -2.23. The number of halogens is 3. The molecule has 1 saturated carbocycles. The van der Waals surface area contributed by atoms with E-state index in [0.29, 0.717) is 24.5 Å². The Morgan fingerprint density at radius 2 is 1.63 bits per heavy atom. The Bertz CT molecular complexity index is 404. The molecule has 106 valence electrons. The van der Waals surface area contributed by atoms with E-state index in [-0.39, 0.29) is 5.56 Å². The van der Waals surface area contributed by atoms with Gasteiger partial charge in [0.05, 0.1) is 0 Å². The fourth-order valence-electron chi connectivity index (χ4n) is 2.94. The van der Waals surface area contributed by atoms with Crippen molar-refractivity contribution >= 4 is 0 Å². The van der Waals surface area contributed by atoms with Gasteiger partial charge in [-0.15, -0.1) is 0 Å². The molecule has 1 unspecified atom stereocenters. The van der Waals surface area contributed by atoms with Gasteiger partial charge in [-0.2, -0.15) is 0 Å². The zero-order chi connectivity index (χ0) is 13.8. The van der Waals surface area contributed by atoms with E-state index in [1.807, 2.05) is 0 Å². The van der Waals surface area contributed by atoms with Crippen LogP contribution in [0.1, 0.15) is 56.6 Å². The molecule has 1 aromatic rings. The van der Waals surface area contributed by atoms with E-state index in [9.17, 15) is 13.2 Å². The molecule has 0 radical (unpaired) electrons. The summed E-state index contributed by atoms with van der Waals surface area (Å²) in [4.78, 5) is 0. The molecule has 0 spiro atoms. The summed E-state index contributed by atoms with van der Waals surface area (Å²) in [5, 5.41) is 0. The highest BCUT2D eigenvalue weighted by molar-refractivity contribution is 5.23. The van der Waals surface area contributed by atoms with Gasteiger partial charge in [-0.3, -0.25) is 0 Å².